The monoisotopic (exact) mass is 371 g/mol. The van der Waals surface area contributed by atoms with Crippen LogP contribution in [-0.2, 0) is 9.53 Å². The van der Waals surface area contributed by atoms with E-state index in [-0.39, 0.29) is 25.6 Å². The zero-order valence-corrected chi connectivity index (χ0v) is 15.7. The number of ketones is 1. The summed E-state index contributed by atoms with van der Waals surface area (Å²) in [6.07, 6.45) is 0. The van der Waals surface area contributed by atoms with E-state index in [1.54, 1.807) is 36.4 Å². The molecule has 0 saturated carbocycles. The molecule has 0 amide bonds. The Hall–Kier alpha value is -2.70. The molecule has 144 valence electrons. The number of nitrogens with zero attached hydrogens (tertiary/aromatic N) is 1. The van der Waals surface area contributed by atoms with Gasteiger partial charge in [0, 0.05) is 24.2 Å². The molecule has 2 aromatic carbocycles. The molecule has 1 N–H and O–H groups in total. The normalized spacial score (nSPS) is 10.7. The molecular weight excluding hydrogens is 346 g/mol. The molecule has 0 atom stereocenters. The molecule has 0 fully saturated rings. The van der Waals surface area contributed by atoms with E-state index >= 15 is 0 Å². The van der Waals surface area contributed by atoms with Crippen molar-refractivity contribution < 1.29 is 24.2 Å². The van der Waals surface area contributed by atoms with Crippen molar-refractivity contribution in [2.24, 2.45) is 0 Å². The fraction of sp³-hybridized carbons (Fsp3) is 0.333. The first kappa shape index (κ1) is 20.6. The van der Waals surface area contributed by atoms with Crippen molar-refractivity contribution in [1.82, 2.24) is 4.90 Å². The lowest BCUT2D eigenvalue weighted by Crippen LogP contribution is -2.28. The van der Waals surface area contributed by atoms with Crippen molar-refractivity contribution in [2.75, 3.05) is 40.0 Å². The molecule has 0 bridgehead atoms. The summed E-state index contributed by atoms with van der Waals surface area (Å²) < 4.78 is 10.5. The maximum atomic E-state index is 12.4. The molecule has 6 nitrogen and oxygen atoms in total. The number of likely N-dealkylation sites (N-methyl/N-ethyl adjacent to an activating group) is 1. The minimum absolute atomic E-state index is 0.0621. The van der Waals surface area contributed by atoms with Crippen LogP contribution in [0.1, 0.15) is 21.5 Å². The Bertz CT molecular complexity index is 740. The number of hydrogen-bond donors (Lipinski definition) is 1. The predicted octanol–water partition coefficient (Wildman–Crippen LogP) is 2.07. The van der Waals surface area contributed by atoms with Gasteiger partial charge < -0.3 is 19.5 Å². The third kappa shape index (κ3) is 6.84. The van der Waals surface area contributed by atoms with Gasteiger partial charge in [0.15, 0.2) is 12.4 Å². The third-order valence-corrected chi connectivity index (χ3v) is 4.00. The molecule has 0 radical (unpaired) electrons. The quantitative estimate of drug-likeness (QED) is 0.509. The number of carbonyl (C=O) groups excluding carboxylic acids is 2. The molecule has 27 heavy (non-hydrogen) atoms. The Morgan fingerprint density at radius 1 is 0.963 bits per heavy atom. The minimum atomic E-state index is -0.466. The van der Waals surface area contributed by atoms with Gasteiger partial charge in [-0.15, -0.1) is 0 Å². The van der Waals surface area contributed by atoms with E-state index in [1.807, 2.05) is 31.0 Å². The lowest BCUT2D eigenvalue weighted by Gasteiger charge is -2.14. The van der Waals surface area contributed by atoms with Crippen LogP contribution in [0, 0.1) is 6.92 Å². The molecule has 0 aliphatic heterocycles. The predicted molar refractivity (Wildman–Crippen MR) is 102 cm³/mol. The van der Waals surface area contributed by atoms with E-state index in [4.69, 9.17) is 14.6 Å². The SMILES string of the molecule is Cc1ccc(C(=O)c2ccc(OCC(=O)OCCN(C)CCO)cc2)cc1. The summed E-state index contributed by atoms with van der Waals surface area (Å²) in [4.78, 5) is 26.0. The van der Waals surface area contributed by atoms with Gasteiger partial charge in [0.1, 0.15) is 12.4 Å². The molecule has 0 aromatic heterocycles. The van der Waals surface area contributed by atoms with Crippen LogP contribution in [0.4, 0.5) is 0 Å². The Balaban J connectivity index is 1.79. The molecule has 2 rings (SSSR count). The zero-order chi connectivity index (χ0) is 19.6. The van der Waals surface area contributed by atoms with E-state index in [2.05, 4.69) is 0 Å². The summed E-state index contributed by atoms with van der Waals surface area (Å²) in [5, 5.41) is 8.79. The Kier molecular flexibility index (Phi) is 7.98. The summed E-state index contributed by atoms with van der Waals surface area (Å²) >= 11 is 0. The molecule has 0 aliphatic rings. The van der Waals surface area contributed by atoms with Crippen molar-refractivity contribution >= 4 is 11.8 Å². The molecule has 0 aliphatic carbocycles. The van der Waals surface area contributed by atoms with Gasteiger partial charge in [-0.1, -0.05) is 29.8 Å². The largest absolute Gasteiger partial charge is 0.482 e. The Labute approximate surface area is 159 Å². The van der Waals surface area contributed by atoms with Crippen LogP contribution >= 0.6 is 0 Å². The highest BCUT2D eigenvalue weighted by atomic mass is 16.6. The number of benzene rings is 2. The van der Waals surface area contributed by atoms with E-state index in [1.165, 1.54) is 0 Å². The lowest BCUT2D eigenvalue weighted by molar-refractivity contribution is -0.146. The van der Waals surface area contributed by atoms with Gasteiger partial charge in [-0.25, -0.2) is 4.79 Å². The van der Waals surface area contributed by atoms with Crippen molar-refractivity contribution in [3.63, 3.8) is 0 Å². The highest BCUT2D eigenvalue weighted by Crippen LogP contribution is 2.16. The second kappa shape index (κ2) is 10.4. The zero-order valence-electron chi connectivity index (χ0n) is 15.7. The number of rotatable bonds is 10. The van der Waals surface area contributed by atoms with Crippen LogP contribution < -0.4 is 4.74 Å². The molecule has 0 heterocycles. The summed E-state index contributed by atoms with van der Waals surface area (Å²) in [5.74, 6) is -0.0371. The van der Waals surface area contributed by atoms with Crippen LogP contribution in [0.3, 0.4) is 0 Å². The Morgan fingerprint density at radius 3 is 2.15 bits per heavy atom. The van der Waals surface area contributed by atoms with Gasteiger partial charge >= 0.3 is 5.97 Å². The first-order chi connectivity index (χ1) is 13.0. The fourth-order valence-electron chi connectivity index (χ4n) is 2.36. The number of esters is 1. The smallest absolute Gasteiger partial charge is 0.344 e. The van der Waals surface area contributed by atoms with Crippen molar-refractivity contribution in [3.05, 3.63) is 65.2 Å². The van der Waals surface area contributed by atoms with Crippen molar-refractivity contribution in [1.29, 1.82) is 0 Å². The van der Waals surface area contributed by atoms with Crippen molar-refractivity contribution in [3.8, 4) is 5.75 Å². The number of aryl methyl sites for hydroxylation is 1. The van der Waals surface area contributed by atoms with Crippen LogP contribution in [-0.4, -0.2) is 61.7 Å². The standard InChI is InChI=1S/C21H25NO5/c1-16-3-5-17(6-4-16)21(25)18-7-9-19(10-8-18)27-15-20(24)26-14-12-22(2)11-13-23/h3-10,23H,11-15H2,1-2H3. The van der Waals surface area contributed by atoms with E-state index in [0.29, 0.717) is 30.0 Å². The second-order valence-corrected chi connectivity index (χ2v) is 6.26. The number of aliphatic hydroxyl groups is 1. The fourth-order valence-corrected chi connectivity index (χ4v) is 2.36. The highest BCUT2D eigenvalue weighted by molar-refractivity contribution is 6.09. The molecule has 0 saturated heterocycles. The maximum absolute atomic E-state index is 12.4. The number of ether oxygens (including phenoxy) is 2. The lowest BCUT2D eigenvalue weighted by atomic mass is 10.0. The molecule has 2 aromatic rings. The summed E-state index contributed by atoms with van der Waals surface area (Å²) in [5.41, 5.74) is 2.28. The summed E-state index contributed by atoms with van der Waals surface area (Å²) in [7, 11) is 1.83. The van der Waals surface area contributed by atoms with E-state index in [0.717, 1.165) is 5.56 Å². The molecular formula is C21H25NO5. The van der Waals surface area contributed by atoms with Crippen LogP contribution in [0.5, 0.6) is 5.75 Å². The minimum Gasteiger partial charge on any atom is -0.482 e. The summed E-state index contributed by atoms with van der Waals surface area (Å²) in [6.45, 7) is 3.15. The topological polar surface area (TPSA) is 76.1 Å². The maximum Gasteiger partial charge on any atom is 0.344 e. The Morgan fingerprint density at radius 2 is 1.56 bits per heavy atom. The molecule has 6 heteroatoms. The van der Waals surface area contributed by atoms with Crippen LogP contribution in [0.25, 0.3) is 0 Å². The van der Waals surface area contributed by atoms with Gasteiger partial charge in [-0.3, -0.25) is 4.79 Å². The average molecular weight is 371 g/mol. The molecule has 0 spiro atoms. The first-order valence-corrected chi connectivity index (χ1v) is 8.79. The van der Waals surface area contributed by atoms with Gasteiger partial charge in [0.2, 0.25) is 0 Å². The van der Waals surface area contributed by atoms with Gasteiger partial charge in [0.25, 0.3) is 0 Å². The van der Waals surface area contributed by atoms with Crippen molar-refractivity contribution in [2.45, 2.75) is 6.92 Å². The van der Waals surface area contributed by atoms with Crippen LogP contribution in [0.15, 0.2) is 48.5 Å². The number of aliphatic hydroxyl groups excluding tert-OH is 1. The van der Waals surface area contributed by atoms with Crippen LogP contribution in [0.2, 0.25) is 0 Å². The van der Waals surface area contributed by atoms with E-state index < -0.39 is 5.97 Å². The third-order valence-electron chi connectivity index (χ3n) is 4.00. The number of carbonyl (C=O) groups is 2. The average Bonchev–Trinajstić information content (AvgIpc) is 2.67. The highest BCUT2D eigenvalue weighted by Gasteiger charge is 2.10. The van der Waals surface area contributed by atoms with E-state index in [9.17, 15) is 9.59 Å². The second-order valence-electron chi connectivity index (χ2n) is 6.26. The molecule has 0 unspecified atom stereocenters. The van der Waals surface area contributed by atoms with Gasteiger partial charge in [0.05, 0.1) is 6.61 Å². The van der Waals surface area contributed by atoms with Gasteiger partial charge in [-0.2, -0.15) is 0 Å². The number of hydrogen-bond acceptors (Lipinski definition) is 6. The van der Waals surface area contributed by atoms with Gasteiger partial charge in [-0.05, 0) is 38.2 Å². The first-order valence-electron chi connectivity index (χ1n) is 8.79. The summed E-state index contributed by atoms with van der Waals surface area (Å²) in [6, 6.07) is 14.1.